The second-order valence-electron chi connectivity index (χ2n) is 8.28. The lowest BCUT2D eigenvalue weighted by atomic mass is 10.0. The first kappa shape index (κ1) is 21.2. The smallest absolute Gasteiger partial charge is 0.270 e. The standard InChI is InChI=1S/C24H27ClN4O3/c1-2-20-22(29-16-18(25)5-8-21(29)27-20)23(30)26-15-17-3-6-19(7-4-17)28-11-9-24(10-12-28)31-13-14-32-24/h3-8,16H,2,9-15H2,1H3,(H,26,30). The van der Waals surface area contributed by atoms with E-state index in [1.165, 1.54) is 5.69 Å². The van der Waals surface area contributed by atoms with Gasteiger partial charge in [-0.3, -0.25) is 9.20 Å². The van der Waals surface area contributed by atoms with Crippen LogP contribution in [0.2, 0.25) is 5.02 Å². The van der Waals surface area contributed by atoms with Gasteiger partial charge in [-0.05, 0) is 36.2 Å². The molecular formula is C24H27ClN4O3. The summed E-state index contributed by atoms with van der Waals surface area (Å²) in [6.45, 7) is 5.65. The second-order valence-corrected chi connectivity index (χ2v) is 8.72. The van der Waals surface area contributed by atoms with Gasteiger partial charge in [0.15, 0.2) is 5.79 Å². The number of imidazole rings is 1. The Morgan fingerprint density at radius 3 is 2.53 bits per heavy atom. The van der Waals surface area contributed by atoms with Gasteiger partial charge in [0.2, 0.25) is 0 Å². The number of carbonyl (C=O) groups excluding carboxylic acids is 1. The molecule has 2 fully saturated rings. The largest absolute Gasteiger partial charge is 0.371 e. The Hall–Kier alpha value is -2.61. The van der Waals surface area contributed by atoms with Crippen molar-refractivity contribution in [3.8, 4) is 0 Å². The van der Waals surface area contributed by atoms with Crippen LogP contribution in [0, 0.1) is 0 Å². The number of piperidine rings is 1. The zero-order valence-electron chi connectivity index (χ0n) is 18.1. The summed E-state index contributed by atoms with van der Waals surface area (Å²) in [6.07, 6.45) is 4.17. The highest BCUT2D eigenvalue weighted by Crippen LogP contribution is 2.33. The molecule has 3 aromatic rings. The van der Waals surface area contributed by atoms with Crippen LogP contribution in [0.1, 0.15) is 41.5 Å². The molecule has 4 heterocycles. The molecule has 1 amide bonds. The number of rotatable bonds is 5. The van der Waals surface area contributed by atoms with Gasteiger partial charge >= 0.3 is 0 Å². The van der Waals surface area contributed by atoms with E-state index in [1.54, 1.807) is 16.7 Å². The van der Waals surface area contributed by atoms with Crippen LogP contribution in [0.3, 0.4) is 0 Å². The second kappa shape index (κ2) is 8.73. The Morgan fingerprint density at radius 1 is 1.12 bits per heavy atom. The van der Waals surface area contributed by atoms with Gasteiger partial charge in [0.1, 0.15) is 11.3 Å². The van der Waals surface area contributed by atoms with E-state index >= 15 is 0 Å². The number of amides is 1. The number of fused-ring (bicyclic) bond motifs is 1. The molecule has 168 valence electrons. The van der Waals surface area contributed by atoms with Gasteiger partial charge in [-0.15, -0.1) is 0 Å². The molecule has 0 bridgehead atoms. The summed E-state index contributed by atoms with van der Waals surface area (Å²) in [5.41, 5.74) is 4.25. The van der Waals surface area contributed by atoms with Gasteiger partial charge in [0.25, 0.3) is 5.91 Å². The molecule has 0 atom stereocenters. The molecule has 0 saturated carbocycles. The Kier molecular flexibility index (Phi) is 5.80. The molecule has 0 unspecified atom stereocenters. The van der Waals surface area contributed by atoms with E-state index < -0.39 is 0 Å². The van der Waals surface area contributed by atoms with Crippen molar-refractivity contribution in [2.75, 3.05) is 31.2 Å². The maximum Gasteiger partial charge on any atom is 0.270 e. The lowest BCUT2D eigenvalue weighted by Crippen LogP contribution is -2.45. The normalized spacial score (nSPS) is 17.9. The van der Waals surface area contributed by atoms with Crippen LogP contribution in [0.25, 0.3) is 5.65 Å². The van der Waals surface area contributed by atoms with Crippen molar-refractivity contribution in [3.63, 3.8) is 0 Å². The summed E-state index contributed by atoms with van der Waals surface area (Å²) < 4.78 is 13.4. The van der Waals surface area contributed by atoms with Crippen LogP contribution >= 0.6 is 11.6 Å². The van der Waals surface area contributed by atoms with E-state index in [2.05, 4.69) is 39.5 Å². The molecule has 2 aliphatic rings. The number of nitrogens with one attached hydrogen (secondary N) is 1. The van der Waals surface area contributed by atoms with Crippen LogP contribution in [0.5, 0.6) is 0 Å². The zero-order chi connectivity index (χ0) is 22.1. The topological polar surface area (TPSA) is 68.1 Å². The first-order valence-electron chi connectivity index (χ1n) is 11.1. The Labute approximate surface area is 192 Å². The molecule has 1 spiro atoms. The molecular weight excluding hydrogens is 428 g/mol. The summed E-state index contributed by atoms with van der Waals surface area (Å²) in [5.74, 6) is -0.515. The number of hydrogen-bond donors (Lipinski definition) is 1. The minimum Gasteiger partial charge on any atom is -0.371 e. The van der Waals surface area contributed by atoms with Crippen molar-refractivity contribution >= 4 is 28.8 Å². The van der Waals surface area contributed by atoms with Gasteiger partial charge in [0.05, 0.1) is 23.9 Å². The van der Waals surface area contributed by atoms with Gasteiger partial charge in [-0.1, -0.05) is 30.7 Å². The van der Waals surface area contributed by atoms with E-state index in [0.717, 1.165) is 42.8 Å². The Bertz CT molecular complexity index is 1110. The summed E-state index contributed by atoms with van der Waals surface area (Å²) in [7, 11) is 0. The minimum atomic E-state index is -0.361. The molecule has 7 nitrogen and oxygen atoms in total. The summed E-state index contributed by atoms with van der Waals surface area (Å²) >= 11 is 6.14. The van der Waals surface area contributed by atoms with E-state index in [9.17, 15) is 4.79 Å². The highest BCUT2D eigenvalue weighted by molar-refractivity contribution is 6.30. The molecule has 0 radical (unpaired) electrons. The van der Waals surface area contributed by atoms with Crippen molar-refractivity contribution < 1.29 is 14.3 Å². The first-order valence-corrected chi connectivity index (χ1v) is 11.5. The molecule has 8 heteroatoms. The number of aryl methyl sites for hydroxylation is 1. The van der Waals surface area contributed by atoms with Crippen molar-refractivity contribution in [2.45, 2.75) is 38.5 Å². The zero-order valence-corrected chi connectivity index (χ0v) is 18.9. The maximum absolute atomic E-state index is 13.0. The quantitative estimate of drug-likeness (QED) is 0.634. The molecule has 32 heavy (non-hydrogen) atoms. The Morgan fingerprint density at radius 2 is 1.84 bits per heavy atom. The highest BCUT2D eigenvalue weighted by atomic mass is 35.5. The number of hydrogen-bond acceptors (Lipinski definition) is 5. The fourth-order valence-corrected chi connectivity index (χ4v) is 4.70. The lowest BCUT2D eigenvalue weighted by Gasteiger charge is -2.38. The molecule has 1 N–H and O–H groups in total. The van der Waals surface area contributed by atoms with Gasteiger partial charge in [0, 0.05) is 44.4 Å². The molecule has 0 aliphatic carbocycles. The third kappa shape index (κ3) is 4.08. The van der Waals surface area contributed by atoms with Gasteiger partial charge < -0.3 is 19.7 Å². The van der Waals surface area contributed by atoms with Gasteiger partial charge in [-0.2, -0.15) is 0 Å². The highest BCUT2D eigenvalue weighted by Gasteiger charge is 2.39. The Balaban J connectivity index is 1.23. The van der Waals surface area contributed by atoms with E-state index in [4.69, 9.17) is 21.1 Å². The average molecular weight is 455 g/mol. The summed E-state index contributed by atoms with van der Waals surface area (Å²) in [6, 6.07) is 12.0. The minimum absolute atomic E-state index is 0.154. The van der Waals surface area contributed by atoms with Crippen molar-refractivity contribution in [1.29, 1.82) is 0 Å². The predicted octanol–water partition coefficient (Wildman–Crippen LogP) is 3.82. The van der Waals surface area contributed by atoms with Crippen molar-refractivity contribution in [3.05, 3.63) is 64.6 Å². The molecule has 1 aromatic carbocycles. The maximum atomic E-state index is 13.0. The van der Waals surface area contributed by atoms with Crippen LogP contribution < -0.4 is 10.2 Å². The van der Waals surface area contributed by atoms with Crippen LogP contribution in [-0.2, 0) is 22.4 Å². The fourth-order valence-electron chi connectivity index (χ4n) is 4.54. The number of carbonyl (C=O) groups is 1. The molecule has 5 rings (SSSR count). The van der Waals surface area contributed by atoms with Crippen molar-refractivity contribution in [1.82, 2.24) is 14.7 Å². The molecule has 2 aromatic heterocycles. The SMILES string of the molecule is CCc1nc2ccc(Cl)cn2c1C(=O)NCc1ccc(N2CCC3(CC2)OCCO3)cc1. The number of aromatic nitrogens is 2. The number of pyridine rings is 1. The number of anilines is 1. The first-order chi connectivity index (χ1) is 15.6. The summed E-state index contributed by atoms with van der Waals surface area (Å²) in [4.78, 5) is 19.9. The fraction of sp³-hybridized carbons (Fsp3) is 0.417. The van der Waals surface area contributed by atoms with E-state index in [-0.39, 0.29) is 11.7 Å². The third-order valence-corrected chi connectivity index (χ3v) is 6.52. The predicted molar refractivity (Wildman–Crippen MR) is 123 cm³/mol. The molecule has 2 saturated heterocycles. The lowest BCUT2D eigenvalue weighted by molar-refractivity contribution is -0.169. The monoisotopic (exact) mass is 454 g/mol. The van der Waals surface area contributed by atoms with E-state index in [1.807, 2.05) is 13.0 Å². The number of halogens is 1. The summed E-state index contributed by atoms with van der Waals surface area (Å²) in [5, 5.41) is 3.60. The van der Waals surface area contributed by atoms with E-state index in [0.29, 0.717) is 36.9 Å². The number of ether oxygens (including phenoxy) is 2. The number of nitrogens with zero attached hydrogens (tertiary/aromatic N) is 3. The van der Waals surface area contributed by atoms with Crippen LogP contribution in [0.15, 0.2) is 42.6 Å². The third-order valence-electron chi connectivity index (χ3n) is 6.30. The van der Waals surface area contributed by atoms with Crippen LogP contribution in [-0.4, -0.2) is 47.4 Å². The van der Waals surface area contributed by atoms with Gasteiger partial charge in [-0.25, -0.2) is 4.98 Å². The average Bonchev–Trinajstić information content (AvgIpc) is 3.42. The number of benzene rings is 1. The van der Waals surface area contributed by atoms with Crippen LogP contribution in [0.4, 0.5) is 5.69 Å². The van der Waals surface area contributed by atoms with Crippen molar-refractivity contribution in [2.24, 2.45) is 0 Å². The molecule has 2 aliphatic heterocycles.